The molecule has 1 saturated heterocycles. The predicted octanol–water partition coefficient (Wildman–Crippen LogP) is 5.02. The third kappa shape index (κ3) is 5.01. The molecule has 1 amide bonds. The van der Waals surface area contributed by atoms with Crippen LogP contribution in [0.25, 0.3) is 10.1 Å². The van der Waals surface area contributed by atoms with Gasteiger partial charge in [-0.1, -0.05) is 38.1 Å². The van der Waals surface area contributed by atoms with Crippen LogP contribution < -0.4 is 9.80 Å². The lowest BCUT2D eigenvalue weighted by Crippen LogP contribution is -2.47. The fraction of sp³-hybridized carbons (Fsp3) is 0.517. The maximum atomic E-state index is 13.0. The van der Waals surface area contributed by atoms with Crippen LogP contribution in [0.1, 0.15) is 43.9 Å². The zero-order valence-electron chi connectivity index (χ0n) is 22.0. The number of piperazine rings is 1. The van der Waals surface area contributed by atoms with Crippen molar-refractivity contribution in [2.75, 3.05) is 62.3 Å². The third-order valence-corrected chi connectivity index (χ3v) is 8.48. The fourth-order valence-corrected chi connectivity index (χ4v) is 6.47. The van der Waals surface area contributed by atoms with Gasteiger partial charge in [0.2, 0.25) is 5.91 Å². The summed E-state index contributed by atoms with van der Waals surface area (Å²) in [5.41, 5.74) is 4.81. The van der Waals surface area contributed by atoms with Crippen molar-refractivity contribution in [3.05, 3.63) is 53.1 Å². The summed E-state index contributed by atoms with van der Waals surface area (Å²) in [5, 5.41) is 1.27. The highest BCUT2D eigenvalue weighted by atomic mass is 32.1. The molecule has 0 atom stereocenters. The van der Waals surface area contributed by atoms with Crippen LogP contribution in [0.5, 0.6) is 0 Å². The van der Waals surface area contributed by atoms with Crippen molar-refractivity contribution in [3.63, 3.8) is 0 Å². The maximum Gasteiger partial charge on any atom is 0.227 e. The summed E-state index contributed by atoms with van der Waals surface area (Å²) in [6.45, 7) is 15.6. The van der Waals surface area contributed by atoms with Crippen LogP contribution in [0.3, 0.4) is 0 Å². The molecule has 2 aliphatic heterocycles. The Kier molecular flexibility index (Phi) is 7.33. The quantitative estimate of drug-likeness (QED) is 0.402. The van der Waals surface area contributed by atoms with E-state index in [0.717, 1.165) is 50.6 Å². The predicted molar refractivity (Wildman–Crippen MR) is 150 cm³/mol. The van der Waals surface area contributed by atoms with E-state index in [2.05, 4.69) is 67.0 Å². The molecule has 0 radical (unpaired) electrons. The van der Waals surface area contributed by atoms with Crippen molar-refractivity contribution in [2.45, 2.75) is 46.0 Å². The van der Waals surface area contributed by atoms with E-state index in [1.807, 2.05) is 11.8 Å². The Bertz CT molecular complexity index is 1230. The molecule has 0 saturated carbocycles. The second-order valence-electron chi connectivity index (χ2n) is 10.7. The zero-order valence-corrected chi connectivity index (χ0v) is 22.9. The van der Waals surface area contributed by atoms with Gasteiger partial charge in [0.15, 0.2) is 0 Å². The van der Waals surface area contributed by atoms with E-state index in [4.69, 9.17) is 9.11 Å². The number of benzene rings is 2. The van der Waals surface area contributed by atoms with Crippen LogP contribution in [-0.4, -0.2) is 67.7 Å². The molecule has 36 heavy (non-hydrogen) atoms. The molecule has 7 heteroatoms. The number of ether oxygens (including phenoxy) is 1. The van der Waals surface area contributed by atoms with Crippen molar-refractivity contribution < 1.29 is 9.53 Å². The minimum Gasteiger partial charge on any atom is -0.380 e. The average Bonchev–Trinajstić information content (AvgIpc) is 3.29. The molecule has 3 aromatic rings. The van der Waals surface area contributed by atoms with Gasteiger partial charge in [-0.25, -0.2) is 0 Å². The van der Waals surface area contributed by atoms with Crippen LogP contribution >= 0.6 is 11.5 Å². The van der Waals surface area contributed by atoms with Gasteiger partial charge in [-0.3, -0.25) is 9.69 Å². The molecule has 0 aliphatic carbocycles. The number of amides is 1. The molecule has 5 rings (SSSR count). The minimum absolute atomic E-state index is 0.156. The van der Waals surface area contributed by atoms with E-state index in [-0.39, 0.29) is 11.3 Å². The third-order valence-electron chi connectivity index (χ3n) is 7.66. The molecule has 192 valence electrons. The Morgan fingerprint density at radius 3 is 2.64 bits per heavy atom. The van der Waals surface area contributed by atoms with Crippen molar-refractivity contribution in [1.29, 1.82) is 0 Å². The van der Waals surface area contributed by atoms with E-state index >= 15 is 0 Å². The summed E-state index contributed by atoms with van der Waals surface area (Å²) in [5.74, 6) is 1.35. The monoisotopic (exact) mass is 506 g/mol. The summed E-state index contributed by atoms with van der Waals surface area (Å²) >= 11 is 1.60. The molecule has 0 unspecified atom stereocenters. The number of hydrogen-bond acceptors (Lipinski definition) is 6. The summed E-state index contributed by atoms with van der Waals surface area (Å²) < 4.78 is 11.6. The van der Waals surface area contributed by atoms with Crippen LogP contribution in [0.4, 0.5) is 11.5 Å². The number of anilines is 2. The molecule has 0 bridgehead atoms. The van der Waals surface area contributed by atoms with Gasteiger partial charge in [-0.05, 0) is 60.6 Å². The summed E-state index contributed by atoms with van der Waals surface area (Å²) in [4.78, 5) is 19.9. The largest absolute Gasteiger partial charge is 0.380 e. The lowest BCUT2D eigenvalue weighted by Gasteiger charge is -2.40. The van der Waals surface area contributed by atoms with Crippen molar-refractivity contribution >= 4 is 39.0 Å². The highest BCUT2D eigenvalue weighted by molar-refractivity contribution is 7.13. The first-order chi connectivity index (χ1) is 17.4. The summed E-state index contributed by atoms with van der Waals surface area (Å²) in [6.07, 6.45) is 1.57. The van der Waals surface area contributed by atoms with Gasteiger partial charge in [0, 0.05) is 63.1 Å². The van der Waals surface area contributed by atoms with Crippen LogP contribution in [0.15, 0.2) is 36.4 Å². The van der Waals surface area contributed by atoms with Crippen LogP contribution in [0, 0.1) is 6.92 Å². The number of carbonyl (C=O) groups is 1. The number of fused-ring (bicyclic) bond motifs is 2. The number of hydrogen-bond donors (Lipinski definition) is 0. The van der Waals surface area contributed by atoms with Gasteiger partial charge in [0.1, 0.15) is 5.82 Å². The summed E-state index contributed by atoms with van der Waals surface area (Å²) in [7, 11) is 0. The number of aryl methyl sites for hydroxylation is 1. The Morgan fingerprint density at radius 1 is 1.08 bits per heavy atom. The maximum absolute atomic E-state index is 13.0. The minimum atomic E-state index is -0.156. The Hall–Kier alpha value is -2.48. The topological polar surface area (TPSA) is 48.9 Å². The molecule has 1 fully saturated rings. The highest BCUT2D eigenvalue weighted by Gasteiger charge is 2.37. The molecule has 1 aromatic heterocycles. The van der Waals surface area contributed by atoms with Crippen LogP contribution in [0.2, 0.25) is 0 Å². The Morgan fingerprint density at radius 2 is 1.86 bits per heavy atom. The molecule has 0 N–H and O–H groups in total. The van der Waals surface area contributed by atoms with Gasteiger partial charge in [0.05, 0.1) is 17.0 Å². The SMILES string of the molecule is CCOCCN1C(=O)CC(C)(C)c2cc(CCN3CCN(c4nsc5ccccc45)CC3)cc(C)c21. The molecule has 2 aromatic carbocycles. The fourth-order valence-electron chi connectivity index (χ4n) is 5.67. The van der Waals surface area contributed by atoms with E-state index in [1.165, 1.54) is 26.8 Å². The summed E-state index contributed by atoms with van der Waals surface area (Å²) in [6, 6.07) is 13.2. The first-order valence-corrected chi connectivity index (χ1v) is 14.0. The molecule has 3 heterocycles. The Balaban J connectivity index is 1.24. The first kappa shape index (κ1) is 25.2. The molecular formula is C29H38N4O2S. The van der Waals surface area contributed by atoms with Crippen molar-refractivity contribution in [2.24, 2.45) is 0 Å². The lowest BCUT2D eigenvalue weighted by atomic mass is 9.75. The van der Waals surface area contributed by atoms with E-state index in [1.54, 1.807) is 11.5 Å². The second-order valence-corrected chi connectivity index (χ2v) is 11.5. The smallest absolute Gasteiger partial charge is 0.227 e. The zero-order chi connectivity index (χ0) is 25.3. The number of nitrogens with zero attached hydrogens (tertiary/aromatic N) is 4. The number of aromatic nitrogens is 1. The van der Waals surface area contributed by atoms with Gasteiger partial charge in [0.25, 0.3) is 0 Å². The van der Waals surface area contributed by atoms with E-state index < -0.39 is 0 Å². The van der Waals surface area contributed by atoms with E-state index in [0.29, 0.717) is 26.2 Å². The standard InChI is InChI=1S/C29H38N4O2S/c1-5-35-17-16-33-26(34)20-29(3,4)24-19-22(18-21(2)27(24)33)10-11-31-12-14-32(15-13-31)28-23-8-6-7-9-25(23)36-30-28/h6-9,18-19H,5,10-17,20H2,1-4H3. The normalized spacial score (nSPS) is 18.2. The molecule has 2 aliphatic rings. The lowest BCUT2D eigenvalue weighted by molar-refractivity contribution is -0.120. The molecular weight excluding hydrogens is 468 g/mol. The number of carbonyl (C=O) groups excluding carboxylic acids is 1. The van der Waals surface area contributed by atoms with Gasteiger partial charge in [-0.2, -0.15) is 4.37 Å². The van der Waals surface area contributed by atoms with Gasteiger partial charge < -0.3 is 14.5 Å². The molecule has 0 spiro atoms. The van der Waals surface area contributed by atoms with Gasteiger partial charge >= 0.3 is 0 Å². The van der Waals surface area contributed by atoms with Crippen molar-refractivity contribution in [1.82, 2.24) is 9.27 Å². The number of rotatable bonds is 8. The van der Waals surface area contributed by atoms with Crippen LogP contribution in [-0.2, 0) is 21.4 Å². The van der Waals surface area contributed by atoms with Gasteiger partial charge in [-0.15, -0.1) is 0 Å². The average molecular weight is 507 g/mol. The Labute approximate surface area is 219 Å². The highest BCUT2D eigenvalue weighted by Crippen LogP contribution is 2.42. The molecule has 6 nitrogen and oxygen atoms in total. The van der Waals surface area contributed by atoms with Crippen molar-refractivity contribution in [3.8, 4) is 0 Å². The first-order valence-electron chi connectivity index (χ1n) is 13.2. The van der Waals surface area contributed by atoms with E-state index in [9.17, 15) is 4.79 Å². The second kappa shape index (κ2) is 10.5.